The number of sulfonamides is 1. The van der Waals surface area contributed by atoms with Crippen molar-refractivity contribution in [1.82, 2.24) is 9.55 Å². The third kappa shape index (κ3) is 3.33. The average Bonchev–Trinajstić information content (AvgIpc) is 2.74. The molecule has 0 aliphatic rings. The number of fused-ring (bicyclic) bond motifs is 1. The molecule has 2 N–H and O–H groups in total. The summed E-state index contributed by atoms with van der Waals surface area (Å²) in [5, 5.41) is 9.16. The van der Waals surface area contributed by atoms with Crippen LogP contribution in [0.1, 0.15) is 18.8 Å². The van der Waals surface area contributed by atoms with Gasteiger partial charge in [-0.2, -0.15) is 13.2 Å². The minimum Gasteiger partial charge on any atom is -0.394 e. The van der Waals surface area contributed by atoms with Gasteiger partial charge in [-0.05, 0) is 25.1 Å². The first-order chi connectivity index (χ1) is 10.0. The summed E-state index contributed by atoms with van der Waals surface area (Å²) < 4.78 is 64.6. The summed E-state index contributed by atoms with van der Waals surface area (Å²) >= 11 is 0. The van der Waals surface area contributed by atoms with Gasteiger partial charge in [-0.25, -0.2) is 13.4 Å². The molecule has 2 aromatic rings. The monoisotopic (exact) mass is 337 g/mol. The Kier molecular flexibility index (Phi) is 4.09. The van der Waals surface area contributed by atoms with E-state index in [1.165, 1.54) is 25.1 Å². The van der Waals surface area contributed by atoms with E-state index in [1.54, 1.807) is 0 Å². The van der Waals surface area contributed by atoms with Crippen LogP contribution in [0.5, 0.6) is 0 Å². The molecule has 0 bridgehead atoms. The van der Waals surface area contributed by atoms with Gasteiger partial charge in [0.2, 0.25) is 15.8 Å². The van der Waals surface area contributed by atoms with Crippen molar-refractivity contribution in [3.8, 4) is 0 Å². The summed E-state index contributed by atoms with van der Waals surface area (Å²) in [6.45, 7) is 0.941. The van der Waals surface area contributed by atoms with E-state index in [0.29, 0.717) is 0 Å². The number of anilines is 1. The highest BCUT2D eigenvalue weighted by molar-refractivity contribution is 7.92. The first-order valence-electron chi connectivity index (χ1n) is 6.21. The second-order valence-electron chi connectivity index (χ2n) is 4.91. The van der Waals surface area contributed by atoms with E-state index < -0.39 is 34.7 Å². The minimum atomic E-state index is -4.69. The second kappa shape index (κ2) is 5.43. The van der Waals surface area contributed by atoms with Gasteiger partial charge >= 0.3 is 6.18 Å². The summed E-state index contributed by atoms with van der Waals surface area (Å²) in [7, 11) is -3.55. The number of aliphatic hydroxyl groups is 1. The van der Waals surface area contributed by atoms with E-state index in [4.69, 9.17) is 5.11 Å². The van der Waals surface area contributed by atoms with Gasteiger partial charge in [0, 0.05) is 0 Å². The van der Waals surface area contributed by atoms with Crippen LogP contribution in [0.25, 0.3) is 11.0 Å². The number of alkyl halides is 3. The van der Waals surface area contributed by atoms with Crippen LogP contribution in [0.2, 0.25) is 0 Å². The fourth-order valence-corrected chi connectivity index (χ4v) is 2.66. The number of hydrogen-bond acceptors (Lipinski definition) is 4. The molecule has 0 aliphatic carbocycles. The van der Waals surface area contributed by atoms with Gasteiger partial charge in [0.15, 0.2) is 0 Å². The van der Waals surface area contributed by atoms with E-state index in [9.17, 15) is 21.6 Å². The number of rotatable bonds is 4. The minimum absolute atomic E-state index is 0.0127. The number of hydrogen-bond donors (Lipinski definition) is 2. The van der Waals surface area contributed by atoms with E-state index in [1.807, 2.05) is 0 Å². The molecule has 1 atom stereocenters. The molecule has 10 heteroatoms. The van der Waals surface area contributed by atoms with Crippen molar-refractivity contribution >= 4 is 26.7 Å². The molecule has 1 aromatic carbocycles. The largest absolute Gasteiger partial charge is 0.449 e. The Bertz CT molecular complexity index is 799. The normalized spacial score (nSPS) is 14.3. The molecule has 22 heavy (non-hydrogen) atoms. The predicted molar refractivity (Wildman–Crippen MR) is 75.0 cm³/mol. The first kappa shape index (κ1) is 16.6. The van der Waals surface area contributed by atoms with E-state index in [-0.39, 0.29) is 16.7 Å². The lowest BCUT2D eigenvalue weighted by Crippen LogP contribution is -2.19. The van der Waals surface area contributed by atoms with Gasteiger partial charge in [0.1, 0.15) is 0 Å². The van der Waals surface area contributed by atoms with Crippen molar-refractivity contribution in [3.05, 3.63) is 24.0 Å². The lowest BCUT2D eigenvalue weighted by molar-refractivity contribution is -0.147. The van der Waals surface area contributed by atoms with Crippen molar-refractivity contribution in [3.63, 3.8) is 0 Å². The Labute approximate surface area is 124 Å². The quantitative estimate of drug-likeness (QED) is 0.893. The molecule has 0 saturated heterocycles. The summed E-state index contributed by atoms with van der Waals surface area (Å²) in [6.07, 6.45) is -3.75. The highest BCUT2D eigenvalue weighted by atomic mass is 32.2. The Balaban J connectivity index is 2.65. The van der Waals surface area contributed by atoms with Crippen LogP contribution in [-0.2, 0) is 16.2 Å². The Hall–Kier alpha value is -1.81. The maximum Gasteiger partial charge on any atom is 0.449 e. The smallest absolute Gasteiger partial charge is 0.394 e. The number of nitrogens with zero attached hydrogens (tertiary/aromatic N) is 2. The van der Waals surface area contributed by atoms with Crippen molar-refractivity contribution < 1.29 is 26.7 Å². The van der Waals surface area contributed by atoms with Crippen molar-refractivity contribution in [1.29, 1.82) is 0 Å². The van der Waals surface area contributed by atoms with E-state index in [0.717, 1.165) is 10.8 Å². The SMILES string of the molecule is CC(CO)n1c(C(F)(F)F)nc2cc(NS(C)(=O)=O)ccc21. The number of halogens is 3. The van der Waals surface area contributed by atoms with Gasteiger partial charge in [0.25, 0.3) is 0 Å². The Morgan fingerprint density at radius 3 is 2.55 bits per heavy atom. The Morgan fingerprint density at radius 1 is 1.41 bits per heavy atom. The summed E-state index contributed by atoms with van der Waals surface area (Å²) in [5.74, 6) is -1.14. The maximum atomic E-state index is 13.1. The fraction of sp³-hybridized carbons (Fsp3) is 0.417. The van der Waals surface area contributed by atoms with E-state index >= 15 is 0 Å². The molecular formula is C12H14F3N3O3S. The molecule has 0 saturated carbocycles. The van der Waals surface area contributed by atoms with Gasteiger partial charge in [-0.15, -0.1) is 0 Å². The zero-order chi connectivity index (χ0) is 16.7. The molecule has 2 rings (SSSR count). The van der Waals surface area contributed by atoms with Crippen molar-refractivity contribution in [2.45, 2.75) is 19.1 Å². The van der Waals surface area contributed by atoms with Gasteiger partial charge in [0.05, 0.1) is 35.6 Å². The number of benzene rings is 1. The first-order valence-corrected chi connectivity index (χ1v) is 8.10. The molecule has 122 valence electrons. The highest BCUT2D eigenvalue weighted by Crippen LogP contribution is 2.34. The fourth-order valence-electron chi connectivity index (χ4n) is 2.10. The van der Waals surface area contributed by atoms with Crippen LogP contribution >= 0.6 is 0 Å². The number of imidazole rings is 1. The third-order valence-electron chi connectivity index (χ3n) is 2.95. The second-order valence-corrected chi connectivity index (χ2v) is 6.66. The molecule has 1 aromatic heterocycles. The topological polar surface area (TPSA) is 84.2 Å². The lowest BCUT2D eigenvalue weighted by atomic mass is 10.2. The van der Waals surface area contributed by atoms with Crippen LogP contribution in [0.3, 0.4) is 0 Å². The van der Waals surface area contributed by atoms with Crippen molar-refractivity contribution in [2.75, 3.05) is 17.6 Å². The molecule has 6 nitrogen and oxygen atoms in total. The zero-order valence-corrected chi connectivity index (χ0v) is 12.5. The van der Waals surface area contributed by atoms with Gasteiger partial charge < -0.3 is 9.67 Å². The van der Waals surface area contributed by atoms with Gasteiger partial charge in [-0.3, -0.25) is 4.72 Å². The number of aliphatic hydroxyl groups excluding tert-OH is 1. The Morgan fingerprint density at radius 2 is 2.05 bits per heavy atom. The van der Waals surface area contributed by atoms with Crippen LogP contribution < -0.4 is 4.72 Å². The summed E-state index contributed by atoms with van der Waals surface area (Å²) in [5.41, 5.74) is 0.263. The van der Waals surface area contributed by atoms with Gasteiger partial charge in [-0.1, -0.05) is 0 Å². The maximum absolute atomic E-state index is 13.1. The number of nitrogens with one attached hydrogen (secondary N) is 1. The average molecular weight is 337 g/mol. The molecule has 0 radical (unpaired) electrons. The number of aromatic nitrogens is 2. The van der Waals surface area contributed by atoms with Crippen LogP contribution in [0.4, 0.5) is 18.9 Å². The molecule has 0 aliphatic heterocycles. The zero-order valence-electron chi connectivity index (χ0n) is 11.7. The van der Waals surface area contributed by atoms with Crippen LogP contribution in [0.15, 0.2) is 18.2 Å². The summed E-state index contributed by atoms with van der Waals surface area (Å²) in [4.78, 5) is 3.54. The molecule has 1 heterocycles. The van der Waals surface area contributed by atoms with Crippen LogP contribution in [-0.4, -0.2) is 35.9 Å². The molecule has 0 amide bonds. The third-order valence-corrected chi connectivity index (χ3v) is 3.56. The standard InChI is InChI=1S/C12H14F3N3O3S/c1-7(6-19)18-10-4-3-8(17-22(2,20)21)5-9(10)16-11(18)12(13,14)15/h3-5,7,17,19H,6H2,1-2H3. The molecule has 0 fully saturated rings. The lowest BCUT2D eigenvalue weighted by Gasteiger charge is -2.16. The highest BCUT2D eigenvalue weighted by Gasteiger charge is 2.38. The summed E-state index contributed by atoms with van der Waals surface area (Å²) in [6, 6.07) is 3.06. The van der Waals surface area contributed by atoms with E-state index in [2.05, 4.69) is 9.71 Å². The van der Waals surface area contributed by atoms with Crippen LogP contribution in [0, 0.1) is 0 Å². The molecule has 1 unspecified atom stereocenters. The molecular weight excluding hydrogens is 323 g/mol. The van der Waals surface area contributed by atoms with Crippen molar-refractivity contribution in [2.24, 2.45) is 0 Å². The molecule has 0 spiro atoms. The predicted octanol–water partition coefficient (Wildman–Crippen LogP) is 1.98.